The summed E-state index contributed by atoms with van der Waals surface area (Å²) in [5, 5.41) is 5.93. The monoisotopic (exact) mass is 409 g/mol. The number of nitrogens with two attached hydrogens (primary N) is 1. The maximum absolute atomic E-state index is 6.04. The molecule has 1 aliphatic heterocycles. The van der Waals surface area contributed by atoms with E-state index in [-0.39, 0.29) is 0 Å². The van der Waals surface area contributed by atoms with Crippen LogP contribution in [0.2, 0.25) is 5.15 Å². The molecule has 3 aromatic heterocycles. The van der Waals surface area contributed by atoms with E-state index in [1.54, 1.807) is 17.6 Å². The zero-order chi connectivity index (χ0) is 19.6. The van der Waals surface area contributed by atoms with Gasteiger partial charge in [-0.1, -0.05) is 25.4 Å². The second-order valence-electron chi connectivity index (χ2n) is 5.97. The molecule has 0 radical (unpaired) electrons. The van der Waals surface area contributed by atoms with Crippen LogP contribution in [0.25, 0.3) is 10.2 Å². The predicted molar refractivity (Wildman–Crippen MR) is 115 cm³/mol. The molecule has 0 amide bonds. The van der Waals surface area contributed by atoms with Crippen molar-refractivity contribution in [3.63, 3.8) is 0 Å². The number of pyridine rings is 1. The standard InChI is InChI=1S/C13H11ClN2OS.C5H11NO.C2H6/c1-8-7-18-13-10(5-11(14)16-12(8)13)15-6-9-3-2-4-17-9;6-5-1-3-7-4-2-5;1-2/h2-5,7H,6H2,1H3,(H,15,16);5H,1-4,6H2;1-2H3. The van der Waals surface area contributed by atoms with Gasteiger partial charge >= 0.3 is 0 Å². The Morgan fingerprint density at radius 2 is 2.07 bits per heavy atom. The topological polar surface area (TPSA) is 73.3 Å². The number of nitrogens with one attached hydrogen (secondary N) is 1. The average Bonchev–Trinajstić information content (AvgIpc) is 3.33. The fraction of sp³-hybridized carbons (Fsp3) is 0.450. The van der Waals surface area contributed by atoms with E-state index >= 15 is 0 Å². The zero-order valence-electron chi connectivity index (χ0n) is 16.1. The summed E-state index contributed by atoms with van der Waals surface area (Å²) < 4.78 is 11.5. The molecule has 148 valence electrons. The summed E-state index contributed by atoms with van der Waals surface area (Å²) in [7, 11) is 0. The van der Waals surface area contributed by atoms with Crippen LogP contribution in [0.3, 0.4) is 0 Å². The first-order valence-corrected chi connectivity index (χ1v) is 10.5. The van der Waals surface area contributed by atoms with Gasteiger partial charge in [0, 0.05) is 25.3 Å². The number of anilines is 1. The molecular weight excluding hydrogens is 382 g/mol. The van der Waals surface area contributed by atoms with Crippen molar-refractivity contribution < 1.29 is 9.15 Å². The smallest absolute Gasteiger partial charge is 0.131 e. The van der Waals surface area contributed by atoms with Gasteiger partial charge in [0.05, 0.1) is 28.7 Å². The largest absolute Gasteiger partial charge is 0.467 e. The highest BCUT2D eigenvalue weighted by atomic mass is 35.5. The third-order valence-electron chi connectivity index (χ3n) is 3.97. The van der Waals surface area contributed by atoms with Crippen molar-refractivity contribution in [1.82, 2.24) is 4.98 Å². The molecule has 4 heterocycles. The number of hydrogen-bond acceptors (Lipinski definition) is 6. The highest BCUT2D eigenvalue weighted by molar-refractivity contribution is 7.18. The van der Waals surface area contributed by atoms with Gasteiger partial charge in [-0.15, -0.1) is 11.3 Å². The molecule has 0 unspecified atom stereocenters. The molecule has 0 atom stereocenters. The fourth-order valence-electron chi connectivity index (χ4n) is 2.53. The Morgan fingerprint density at radius 3 is 2.67 bits per heavy atom. The number of ether oxygens (including phenoxy) is 1. The molecule has 4 rings (SSSR count). The van der Waals surface area contributed by atoms with Gasteiger partial charge in [0.1, 0.15) is 10.9 Å². The number of nitrogens with zero attached hydrogens (tertiary/aromatic N) is 1. The van der Waals surface area contributed by atoms with Crippen LogP contribution in [-0.2, 0) is 11.3 Å². The van der Waals surface area contributed by atoms with Crippen LogP contribution in [-0.4, -0.2) is 24.2 Å². The third-order valence-corrected chi connectivity index (χ3v) is 5.28. The molecular formula is C20H28ClN3O2S. The van der Waals surface area contributed by atoms with Gasteiger partial charge < -0.3 is 20.2 Å². The first-order chi connectivity index (χ1) is 13.1. The van der Waals surface area contributed by atoms with E-state index in [1.165, 1.54) is 0 Å². The van der Waals surface area contributed by atoms with Crippen LogP contribution in [0.5, 0.6) is 0 Å². The summed E-state index contributed by atoms with van der Waals surface area (Å²) in [5.74, 6) is 0.893. The first-order valence-electron chi connectivity index (χ1n) is 9.27. The average molecular weight is 410 g/mol. The van der Waals surface area contributed by atoms with Crippen LogP contribution in [0.4, 0.5) is 5.69 Å². The SMILES string of the molecule is CC.Cc1csc2c(NCc3ccco3)cc(Cl)nc12.NC1CCOCC1. The Hall–Kier alpha value is -1.60. The number of hydrogen-bond donors (Lipinski definition) is 2. The quantitative estimate of drug-likeness (QED) is 0.549. The van der Waals surface area contributed by atoms with E-state index < -0.39 is 0 Å². The van der Waals surface area contributed by atoms with E-state index in [0.717, 1.165) is 53.3 Å². The lowest BCUT2D eigenvalue weighted by Crippen LogP contribution is -2.28. The van der Waals surface area contributed by atoms with E-state index in [0.29, 0.717) is 17.7 Å². The molecule has 0 aliphatic carbocycles. The Balaban J connectivity index is 0.000000244. The molecule has 5 nitrogen and oxygen atoms in total. The number of fused-ring (bicyclic) bond motifs is 1. The van der Waals surface area contributed by atoms with E-state index in [9.17, 15) is 0 Å². The zero-order valence-corrected chi connectivity index (χ0v) is 17.7. The van der Waals surface area contributed by atoms with Gasteiger partial charge in [-0.25, -0.2) is 4.98 Å². The maximum atomic E-state index is 6.04. The van der Waals surface area contributed by atoms with Crippen molar-refractivity contribution in [2.45, 2.75) is 46.2 Å². The molecule has 1 aliphatic rings. The third kappa shape index (κ3) is 6.50. The van der Waals surface area contributed by atoms with E-state index in [2.05, 4.69) is 15.7 Å². The number of halogens is 1. The lowest BCUT2D eigenvalue weighted by atomic mass is 10.1. The predicted octanol–water partition coefficient (Wildman–Crippen LogP) is 5.61. The van der Waals surface area contributed by atoms with Crippen molar-refractivity contribution in [3.8, 4) is 0 Å². The van der Waals surface area contributed by atoms with Crippen LogP contribution in [0, 0.1) is 6.92 Å². The minimum Gasteiger partial charge on any atom is -0.467 e. The Kier molecular flexibility index (Phi) is 9.07. The summed E-state index contributed by atoms with van der Waals surface area (Å²) in [5.41, 5.74) is 8.67. The first kappa shape index (κ1) is 21.7. The lowest BCUT2D eigenvalue weighted by molar-refractivity contribution is 0.0866. The van der Waals surface area contributed by atoms with Crippen molar-refractivity contribution in [2.75, 3.05) is 18.5 Å². The molecule has 0 bridgehead atoms. The molecule has 1 fully saturated rings. The molecule has 27 heavy (non-hydrogen) atoms. The van der Waals surface area contributed by atoms with Gasteiger partial charge in [0.25, 0.3) is 0 Å². The molecule has 0 aromatic carbocycles. The molecule has 1 saturated heterocycles. The number of aromatic nitrogens is 1. The highest BCUT2D eigenvalue weighted by Gasteiger charge is 2.09. The number of furan rings is 1. The van der Waals surface area contributed by atoms with Crippen molar-refractivity contribution in [3.05, 3.63) is 46.3 Å². The normalized spacial score (nSPS) is 14.1. The lowest BCUT2D eigenvalue weighted by Gasteiger charge is -2.16. The van der Waals surface area contributed by atoms with Crippen LogP contribution < -0.4 is 11.1 Å². The Bertz CT molecular complexity index is 799. The summed E-state index contributed by atoms with van der Waals surface area (Å²) in [6.45, 7) is 8.40. The second-order valence-corrected chi connectivity index (χ2v) is 7.24. The minimum atomic E-state index is 0.411. The summed E-state index contributed by atoms with van der Waals surface area (Å²) in [6, 6.07) is 6.07. The minimum absolute atomic E-state index is 0.411. The van der Waals surface area contributed by atoms with E-state index in [4.69, 9.17) is 26.5 Å². The van der Waals surface area contributed by atoms with Crippen LogP contribution >= 0.6 is 22.9 Å². The van der Waals surface area contributed by atoms with Crippen LogP contribution in [0.1, 0.15) is 38.0 Å². The van der Waals surface area contributed by atoms with Gasteiger partial charge in [-0.2, -0.15) is 0 Å². The van der Waals surface area contributed by atoms with Crippen LogP contribution in [0.15, 0.2) is 34.3 Å². The van der Waals surface area contributed by atoms with Gasteiger partial charge in [0.2, 0.25) is 0 Å². The maximum Gasteiger partial charge on any atom is 0.131 e. The Morgan fingerprint density at radius 1 is 1.33 bits per heavy atom. The summed E-state index contributed by atoms with van der Waals surface area (Å²) in [6.07, 6.45) is 3.75. The highest BCUT2D eigenvalue weighted by Crippen LogP contribution is 2.32. The molecule has 0 spiro atoms. The van der Waals surface area contributed by atoms with Gasteiger partial charge in [0.15, 0.2) is 0 Å². The van der Waals surface area contributed by atoms with Gasteiger partial charge in [-0.05, 0) is 42.8 Å². The summed E-state index contributed by atoms with van der Waals surface area (Å²) in [4.78, 5) is 4.35. The molecule has 7 heteroatoms. The number of aryl methyl sites for hydroxylation is 1. The molecule has 0 saturated carbocycles. The van der Waals surface area contributed by atoms with Crippen molar-refractivity contribution in [1.29, 1.82) is 0 Å². The van der Waals surface area contributed by atoms with Crippen molar-refractivity contribution >= 4 is 38.8 Å². The number of rotatable bonds is 3. The fourth-order valence-corrected chi connectivity index (χ4v) is 3.71. The van der Waals surface area contributed by atoms with E-state index in [1.807, 2.05) is 39.0 Å². The Labute approximate surface area is 169 Å². The summed E-state index contributed by atoms with van der Waals surface area (Å²) >= 11 is 7.72. The van der Waals surface area contributed by atoms with Gasteiger partial charge in [-0.3, -0.25) is 0 Å². The number of thiophene rings is 1. The second kappa shape index (κ2) is 11.3. The molecule has 3 N–H and O–H groups in total. The van der Waals surface area contributed by atoms with Crippen molar-refractivity contribution in [2.24, 2.45) is 5.73 Å². The molecule has 3 aromatic rings.